The van der Waals surface area contributed by atoms with Crippen LogP contribution >= 0.6 is 31.9 Å². The van der Waals surface area contributed by atoms with Crippen LogP contribution in [0.25, 0.3) is 0 Å². The van der Waals surface area contributed by atoms with Gasteiger partial charge in [0, 0.05) is 0 Å². The molecule has 2 aliphatic heterocycles. The summed E-state index contributed by atoms with van der Waals surface area (Å²) in [5.74, 6) is 0. The van der Waals surface area contributed by atoms with Crippen LogP contribution in [-0.2, 0) is 10.9 Å². The standard InChI is InChI=1S/C11H7Br2F3O/c12-7-8(13)10-6-4(9(7)17-10)2-1-3-5(6)11(14,15)16/h1-3,7-10H/t7-,8-,9+,10+/m0/s1. The zero-order chi connectivity index (χ0) is 12.4. The van der Waals surface area contributed by atoms with E-state index in [-0.39, 0.29) is 15.8 Å². The molecule has 92 valence electrons. The van der Waals surface area contributed by atoms with Gasteiger partial charge in [0.2, 0.25) is 0 Å². The van der Waals surface area contributed by atoms with Crippen LogP contribution in [0.15, 0.2) is 18.2 Å². The summed E-state index contributed by atoms with van der Waals surface area (Å²) in [7, 11) is 0. The normalized spacial score (nSPS) is 35.1. The lowest BCUT2D eigenvalue weighted by Crippen LogP contribution is -2.24. The molecule has 1 saturated heterocycles. The third-order valence-corrected chi connectivity index (χ3v) is 6.02. The molecule has 3 rings (SSSR count). The lowest BCUT2D eigenvalue weighted by Gasteiger charge is -2.24. The second kappa shape index (κ2) is 3.71. The first kappa shape index (κ1) is 12.0. The Morgan fingerprint density at radius 2 is 1.71 bits per heavy atom. The van der Waals surface area contributed by atoms with Crippen molar-refractivity contribution < 1.29 is 17.9 Å². The minimum absolute atomic E-state index is 0.0171. The van der Waals surface area contributed by atoms with Crippen LogP contribution in [0.2, 0.25) is 0 Å². The van der Waals surface area contributed by atoms with E-state index in [1.54, 1.807) is 6.07 Å². The average Bonchev–Trinajstić information content (AvgIpc) is 2.76. The summed E-state index contributed by atoms with van der Waals surface area (Å²) in [6.07, 6.45) is -5.13. The van der Waals surface area contributed by atoms with Crippen LogP contribution in [0.4, 0.5) is 13.2 Å². The summed E-state index contributed by atoms with van der Waals surface area (Å²) in [6, 6.07) is 4.27. The van der Waals surface area contributed by atoms with E-state index in [0.29, 0.717) is 11.1 Å². The molecular weight excluding hydrogens is 365 g/mol. The molecule has 1 nitrogen and oxygen atoms in total. The zero-order valence-electron chi connectivity index (χ0n) is 8.34. The molecule has 0 N–H and O–H groups in total. The summed E-state index contributed by atoms with van der Waals surface area (Å²) in [6.45, 7) is 0. The number of fused-ring (bicyclic) bond motifs is 5. The van der Waals surface area contributed by atoms with Gasteiger partial charge in [-0.05, 0) is 17.2 Å². The van der Waals surface area contributed by atoms with Gasteiger partial charge in [0.1, 0.15) is 0 Å². The zero-order valence-corrected chi connectivity index (χ0v) is 11.5. The maximum atomic E-state index is 12.9. The van der Waals surface area contributed by atoms with Crippen molar-refractivity contribution in [1.29, 1.82) is 0 Å². The first-order chi connectivity index (χ1) is 7.91. The molecule has 4 atom stereocenters. The Morgan fingerprint density at radius 1 is 1.06 bits per heavy atom. The lowest BCUT2D eigenvalue weighted by atomic mass is 9.88. The number of rotatable bonds is 0. The van der Waals surface area contributed by atoms with Gasteiger partial charge < -0.3 is 4.74 Å². The summed E-state index contributed by atoms with van der Waals surface area (Å²) >= 11 is 6.84. The van der Waals surface area contributed by atoms with Crippen LogP contribution in [0.5, 0.6) is 0 Å². The third-order valence-electron chi connectivity index (χ3n) is 3.21. The summed E-state index contributed by atoms with van der Waals surface area (Å²) in [5, 5.41) is 0. The van der Waals surface area contributed by atoms with Crippen molar-refractivity contribution in [3.05, 3.63) is 34.9 Å². The van der Waals surface area contributed by atoms with Gasteiger partial charge in [0.25, 0.3) is 0 Å². The highest BCUT2D eigenvalue weighted by Gasteiger charge is 2.53. The lowest BCUT2D eigenvalue weighted by molar-refractivity contribution is -0.138. The summed E-state index contributed by atoms with van der Waals surface area (Å²) in [4.78, 5) is -0.105. The van der Waals surface area contributed by atoms with Gasteiger partial charge in [0.15, 0.2) is 0 Å². The van der Waals surface area contributed by atoms with Gasteiger partial charge in [-0.3, -0.25) is 0 Å². The van der Waals surface area contributed by atoms with E-state index in [1.807, 2.05) is 0 Å². The van der Waals surface area contributed by atoms with E-state index in [0.717, 1.165) is 6.07 Å². The van der Waals surface area contributed by atoms with Crippen molar-refractivity contribution in [3.8, 4) is 0 Å². The van der Waals surface area contributed by atoms with E-state index in [2.05, 4.69) is 31.9 Å². The van der Waals surface area contributed by atoms with Gasteiger partial charge >= 0.3 is 6.18 Å². The van der Waals surface area contributed by atoms with Gasteiger partial charge in [-0.1, -0.05) is 44.0 Å². The van der Waals surface area contributed by atoms with Crippen molar-refractivity contribution >= 4 is 31.9 Å². The number of benzene rings is 1. The van der Waals surface area contributed by atoms with Crippen LogP contribution in [0.3, 0.4) is 0 Å². The molecule has 2 aliphatic rings. The van der Waals surface area contributed by atoms with Gasteiger partial charge in [-0.25, -0.2) is 0 Å². The van der Waals surface area contributed by atoms with Crippen LogP contribution in [0, 0.1) is 0 Å². The summed E-state index contributed by atoms with van der Waals surface area (Å²) < 4.78 is 44.3. The maximum Gasteiger partial charge on any atom is 0.416 e. The summed E-state index contributed by atoms with van der Waals surface area (Å²) in [5.41, 5.74) is 0.372. The minimum atomic E-state index is -4.33. The molecule has 0 aromatic heterocycles. The molecule has 2 bridgehead atoms. The molecule has 0 spiro atoms. The van der Waals surface area contributed by atoms with Gasteiger partial charge in [-0.15, -0.1) is 0 Å². The first-order valence-corrected chi connectivity index (χ1v) is 6.88. The first-order valence-electron chi connectivity index (χ1n) is 5.05. The smallest absolute Gasteiger partial charge is 0.363 e. The van der Waals surface area contributed by atoms with Crippen molar-refractivity contribution in [2.24, 2.45) is 0 Å². The molecule has 6 heteroatoms. The fourth-order valence-corrected chi connectivity index (χ4v) is 3.86. The van der Waals surface area contributed by atoms with E-state index in [9.17, 15) is 13.2 Å². The van der Waals surface area contributed by atoms with E-state index >= 15 is 0 Å². The molecule has 1 fully saturated rings. The maximum absolute atomic E-state index is 12.9. The molecule has 1 aromatic rings. The molecule has 0 amide bonds. The fourth-order valence-electron chi connectivity index (χ4n) is 2.51. The quantitative estimate of drug-likeness (QED) is 0.616. The number of ether oxygens (including phenoxy) is 1. The van der Waals surface area contributed by atoms with Crippen LogP contribution < -0.4 is 0 Å². The molecule has 0 saturated carbocycles. The Kier molecular flexibility index (Phi) is 2.62. The molecule has 2 heterocycles. The number of hydrogen-bond acceptors (Lipinski definition) is 1. The fraction of sp³-hybridized carbons (Fsp3) is 0.455. The van der Waals surface area contributed by atoms with Crippen molar-refractivity contribution in [1.82, 2.24) is 0 Å². The highest BCUT2D eigenvalue weighted by molar-refractivity contribution is 9.12. The molecule has 0 unspecified atom stereocenters. The highest BCUT2D eigenvalue weighted by Crippen LogP contribution is 2.58. The van der Waals surface area contributed by atoms with E-state index < -0.39 is 17.8 Å². The minimum Gasteiger partial charge on any atom is -0.363 e. The van der Waals surface area contributed by atoms with Crippen molar-refractivity contribution in [3.63, 3.8) is 0 Å². The Morgan fingerprint density at radius 3 is 2.35 bits per heavy atom. The Hall–Kier alpha value is -0.0700. The van der Waals surface area contributed by atoms with Crippen LogP contribution in [0.1, 0.15) is 28.9 Å². The largest absolute Gasteiger partial charge is 0.416 e. The predicted octanol–water partition coefficient (Wildman–Crippen LogP) is 4.36. The van der Waals surface area contributed by atoms with Gasteiger partial charge in [-0.2, -0.15) is 13.2 Å². The number of halogens is 5. The molecule has 0 radical (unpaired) electrons. The van der Waals surface area contributed by atoms with Gasteiger partial charge in [0.05, 0.1) is 27.4 Å². The predicted molar refractivity (Wildman–Crippen MR) is 63.4 cm³/mol. The second-order valence-corrected chi connectivity index (χ2v) is 6.29. The average molecular weight is 372 g/mol. The Balaban J connectivity index is 2.19. The topological polar surface area (TPSA) is 9.23 Å². The molecular formula is C11H7Br2F3O. The van der Waals surface area contributed by atoms with Crippen molar-refractivity contribution in [2.45, 2.75) is 28.0 Å². The van der Waals surface area contributed by atoms with E-state index in [1.165, 1.54) is 6.07 Å². The number of hydrogen-bond donors (Lipinski definition) is 0. The SMILES string of the molecule is FC(F)(F)c1cccc2c1[C@H]1O[C@H]2[C@@H](Br)[C@@H]1Br. The monoisotopic (exact) mass is 370 g/mol. The molecule has 1 aromatic carbocycles. The Labute approximate surface area is 113 Å². The third kappa shape index (κ3) is 1.60. The molecule has 17 heavy (non-hydrogen) atoms. The second-order valence-electron chi connectivity index (χ2n) is 4.17. The van der Waals surface area contributed by atoms with Crippen LogP contribution in [-0.4, -0.2) is 9.65 Å². The molecule has 0 aliphatic carbocycles. The Bertz CT molecular complexity index is 474. The van der Waals surface area contributed by atoms with Crippen molar-refractivity contribution in [2.75, 3.05) is 0 Å². The highest BCUT2D eigenvalue weighted by atomic mass is 79.9. The number of alkyl halides is 5. The van der Waals surface area contributed by atoms with E-state index in [4.69, 9.17) is 4.74 Å².